The molecule has 0 radical (unpaired) electrons. The summed E-state index contributed by atoms with van der Waals surface area (Å²) >= 11 is 0. The molecule has 0 aromatic rings. The molecule has 2 rings (SSSR count). The molecule has 0 saturated carbocycles. The fourth-order valence-corrected chi connectivity index (χ4v) is 1.99. The second kappa shape index (κ2) is 7.32. The predicted molar refractivity (Wildman–Crippen MR) is 70.7 cm³/mol. The van der Waals surface area contributed by atoms with E-state index in [1.165, 1.54) is 22.3 Å². The molecule has 0 nitrogen and oxygen atoms in total. The van der Waals surface area contributed by atoms with Crippen molar-refractivity contribution in [3.8, 4) is 0 Å². The van der Waals surface area contributed by atoms with Crippen molar-refractivity contribution in [3.63, 3.8) is 0 Å². The van der Waals surface area contributed by atoms with Crippen LogP contribution in [0.15, 0.2) is 34.4 Å². The standard InChI is InChI=1S/2C8H11.Zr/c2*1-6-4-7(2)8(3)5-6;/h2*4,6H,1-3H3;/q2*-1;+2. The van der Waals surface area contributed by atoms with Crippen LogP contribution in [0.5, 0.6) is 0 Å². The molecule has 0 aliphatic heterocycles. The minimum Gasteiger partial charge on any atom is -0.266 e. The second-order valence-corrected chi connectivity index (χ2v) is 4.82. The van der Waals surface area contributed by atoms with E-state index in [0.717, 1.165) is 0 Å². The van der Waals surface area contributed by atoms with Crippen LogP contribution in [0, 0.1) is 24.0 Å². The summed E-state index contributed by atoms with van der Waals surface area (Å²) in [6.07, 6.45) is 11.0. The average Bonchev–Trinajstić information content (AvgIpc) is 2.58. The van der Waals surface area contributed by atoms with E-state index < -0.39 is 0 Å². The molecule has 0 spiro atoms. The summed E-state index contributed by atoms with van der Waals surface area (Å²) in [6.45, 7) is 12.8. The molecule has 2 atom stereocenters. The topological polar surface area (TPSA) is 0 Å². The SMILES string of the molecule is CC1=[C-]C(C)C=C1C.CC1=[C-]C(C)C=C1C.[Zr+2]. The van der Waals surface area contributed by atoms with Crippen LogP contribution < -0.4 is 0 Å². The Morgan fingerprint density at radius 3 is 1.12 bits per heavy atom. The van der Waals surface area contributed by atoms with Crippen LogP contribution in [-0.2, 0) is 26.2 Å². The normalized spacial score (nSPS) is 26.0. The van der Waals surface area contributed by atoms with Crippen LogP contribution in [0.4, 0.5) is 0 Å². The van der Waals surface area contributed by atoms with Gasteiger partial charge in [-0.1, -0.05) is 39.5 Å². The molecule has 90 valence electrons. The van der Waals surface area contributed by atoms with Crippen LogP contribution in [-0.4, -0.2) is 0 Å². The Balaban J connectivity index is 0.000000284. The van der Waals surface area contributed by atoms with Crippen LogP contribution in [0.3, 0.4) is 0 Å². The maximum Gasteiger partial charge on any atom is 2.00 e. The van der Waals surface area contributed by atoms with Gasteiger partial charge in [0.25, 0.3) is 0 Å². The maximum absolute atomic E-state index is 3.29. The van der Waals surface area contributed by atoms with Crippen molar-refractivity contribution in [1.82, 2.24) is 0 Å². The Kier molecular flexibility index (Phi) is 7.25. The zero-order valence-electron chi connectivity index (χ0n) is 11.8. The summed E-state index contributed by atoms with van der Waals surface area (Å²) in [5, 5.41) is 0. The molecule has 0 N–H and O–H groups in total. The molecule has 0 heterocycles. The summed E-state index contributed by atoms with van der Waals surface area (Å²) in [4.78, 5) is 0. The van der Waals surface area contributed by atoms with Crippen molar-refractivity contribution in [3.05, 3.63) is 46.6 Å². The van der Waals surface area contributed by atoms with Gasteiger partial charge in [-0.2, -0.15) is 12.2 Å². The Morgan fingerprint density at radius 1 is 0.765 bits per heavy atom. The summed E-state index contributed by atoms with van der Waals surface area (Å²) in [6, 6.07) is 0. The Hall–Kier alpha value is -0.157. The minimum absolute atomic E-state index is 0. The van der Waals surface area contributed by atoms with Crippen molar-refractivity contribution < 1.29 is 26.2 Å². The van der Waals surface area contributed by atoms with Crippen molar-refractivity contribution in [2.45, 2.75) is 41.5 Å². The molecule has 2 aliphatic carbocycles. The van der Waals surface area contributed by atoms with E-state index in [4.69, 9.17) is 0 Å². The predicted octanol–water partition coefficient (Wildman–Crippen LogP) is 4.66. The molecule has 0 saturated heterocycles. The van der Waals surface area contributed by atoms with Gasteiger partial charge in [0, 0.05) is 0 Å². The van der Waals surface area contributed by atoms with Crippen molar-refractivity contribution in [2.24, 2.45) is 11.8 Å². The second-order valence-electron chi connectivity index (χ2n) is 4.82. The molecule has 0 bridgehead atoms. The fraction of sp³-hybridized carbons (Fsp3) is 0.500. The summed E-state index contributed by atoms with van der Waals surface area (Å²) in [5.74, 6) is 1.10. The molecule has 0 aromatic heterocycles. The maximum atomic E-state index is 3.29. The zero-order valence-corrected chi connectivity index (χ0v) is 14.3. The van der Waals surface area contributed by atoms with Gasteiger partial charge in [0.15, 0.2) is 0 Å². The third-order valence-corrected chi connectivity index (χ3v) is 3.07. The van der Waals surface area contributed by atoms with Gasteiger partial charge in [-0.25, -0.2) is 22.3 Å². The van der Waals surface area contributed by atoms with E-state index in [1.807, 2.05) is 0 Å². The van der Waals surface area contributed by atoms with E-state index in [2.05, 4.69) is 65.8 Å². The molecule has 1 heteroatoms. The first kappa shape index (κ1) is 16.8. The molecule has 17 heavy (non-hydrogen) atoms. The van der Waals surface area contributed by atoms with Gasteiger partial charge in [-0.05, 0) is 0 Å². The Bertz CT molecular complexity index is 306. The van der Waals surface area contributed by atoms with Gasteiger partial charge in [-0.3, -0.25) is 12.2 Å². The zero-order chi connectivity index (χ0) is 12.3. The summed E-state index contributed by atoms with van der Waals surface area (Å²) in [7, 11) is 0. The third kappa shape index (κ3) is 5.34. The van der Waals surface area contributed by atoms with Gasteiger partial charge in [0.05, 0.1) is 0 Å². The number of rotatable bonds is 0. The quantitative estimate of drug-likeness (QED) is 0.571. The van der Waals surface area contributed by atoms with Gasteiger partial charge < -0.3 is 0 Å². The average molecular weight is 306 g/mol. The van der Waals surface area contributed by atoms with Crippen molar-refractivity contribution in [1.29, 1.82) is 0 Å². The summed E-state index contributed by atoms with van der Waals surface area (Å²) < 4.78 is 0. The fourth-order valence-electron chi connectivity index (χ4n) is 1.99. The first-order valence-corrected chi connectivity index (χ1v) is 5.98. The van der Waals surface area contributed by atoms with Crippen molar-refractivity contribution in [2.75, 3.05) is 0 Å². The van der Waals surface area contributed by atoms with Crippen LogP contribution in [0.1, 0.15) is 41.5 Å². The van der Waals surface area contributed by atoms with E-state index in [9.17, 15) is 0 Å². The summed E-state index contributed by atoms with van der Waals surface area (Å²) in [5.41, 5.74) is 5.41. The van der Waals surface area contributed by atoms with Gasteiger partial charge in [0.2, 0.25) is 0 Å². The third-order valence-electron chi connectivity index (χ3n) is 3.07. The Morgan fingerprint density at radius 2 is 1.06 bits per heavy atom. The first-order chi connectivity index (χ1) is 7.40. The van der Waals surface area contributed by atoms with Gasteiger partial charge in [0.1, 0.15) is 0 Å². The monoisotopic (exact) mass is 304 g/mol. The first-order valence-electron chi connectivity index (χ1n) is 5.98. The molecule has 0 aromatic carbocycles. The van der Waals surface area contributed by atoms with E-state index in [1.54, 1.807) is 0 Å². The molecular formula is C16H22Zr. The molecule has 0 fully saturated rings. The van der Waals surface area contributed by atoms with Crippen LogP contribution in [0.25, 0.3) is 0 Å². The smallest absolute Gasteiger partial charge is 0.266 e. The largest absolute Gasteiger partial charge is 2.00 e. The Labute approximate surface area is 126 Å². The van der Waals surface area contributed by atoms with E-state index in [-0.39, 0.29) is 26.2 Å². The number of allylic oxidation sites excluding steroid dienone is 8. The van der Waals surface area contributed by atoms with Crippen molar-refractivity contribution >= 4 is 0 Å². The number of hydrogen-bond acceptors (Lipinski definition) is 0. The number of hydrogen-bond donors (Lipinski definition) is 0. The van der Waals surface area contributed by atoms with Crippen LogP contribution in [0.2, 0.25) is 0 Å². The van der Waals surface area contributed by atoms with Crippen LogP contribution >= 0.6 is 0 Å². The molecule has 0 amide bonds. The molecule has 2 aliphatic rings. The van der Waals surface area contributed by atoms with E-state index in [0.29, 0.717) is 11.8 Å². The van der Waals surface area contributed by atoms with E-state index >= 15 is 0 Å². The molecule has 2 unspecified atom stereocenters. The minimum atomic E-state index is 0. The van der Waals surface area contributed by atoms with Gasteiger partial charge in [-0.15, -0.1) is 13.8 Å². The molecular weight excluding hydrogens is 283 g/mol. The van der Waals surface area contributed by atoms with Gasteiger partial charge >= 0.3 is 26.2 Å².